The lowest BCUT2D eigenvalue weighted by atomic mass is 10.2. The second-order valence-electron chi connectivity index (χ2n) is 5.19. The number of aliphatic carboxylic acids is 1. The Kier molecular flexibility index (Phi) is 4.90. The Bertz CT molecular complexity index is 526. The standard InChI is InChI=1S/C13H19N3O4/c1-13(2,3)20-12(19)15-9-8-14-16(4)10(9)6-5-7-11(17)18/h5-6,8H,7H2,1-4H3,(H,15,19)(H,17,18)/b6-5+. The van der Waals surface area contributed by atoms with Crippen molar-refractivity contribution in [2.45, 2.75) is 32.8 Å². The maximum Gasteiger partial charge on any atom is 0.412 e. The van der Waals surface area contributed by atoms with Crippen LogP contribution in [0.5, 0.6) is 0 Å². The monoisotopic (exact) mass is 281 g/mol. The van der Waals surface area contributed by atoms with Crippen LogP contribution in [0.1, 0.15) is 32.9 Å². The van der Waals surface area contributed by atoms with Crippen molar-refractivity contribution < 1.29 is 19.4 Å². The van der Waals surface area contributed by atoms with E-state index in [1.54, 1.807) is 33.9 Å². The zero-order chi connectivity index (χ0) is 15.3. The molecule has 0 fully saturated rings. The van der Waals surface area contributed by atoms with Crippen LogP contribution in [0.2, 0.25) is 0 Å². The summed E-state index contributed by atoms with van der Waals surface area (Å²) in [6.45, 7) is 5.30. The number of aromatic nitrogens is 2. The molecule has 0 bridgehead atoms. The zero-order valence-electron chi connectivity index (χ0n) is 12.0. The number of carbonyl (C=O) groups excluding carboxylic acids is 1. The number of amides is 1. The van der Waals surface area contributed by atoms with Gasteiger partial charge in [0.05, 0.1) is 24.0 Å². The first-order chi connectivity index (χ1) is 9.19. The first-order valence-corrected chi connectivity index (χ1v) is 6.09. The number of anilines is 1. The molecule has 0 spiro atoms. The summed E-state index contributed by atoms with van der Waals surface area (Å²) >= 11 is 0. The lowest BCUT2D eigenvalue weighted by molar-refractivity contribution is -0.135. The molecule has 20 heavy (non-hydrogen) atoms. The quantitative estimate of drug-likeness (QED) is 0.882. The van der Waals surface area contributed by atoms with Gasteiger partial charge in [-0.05, 0) is 26.8 Å². The van der Waals surface area contributed by atoms with Gasteiger partial charge in [0.15, 0.2) is 0 Å². The molecule has 0 radical (unpaired) electrons. The smallest absolute Gasteiger partial charge is 0.412 e. The van der Waals surface area contributed by atoms with E-state index in [0.29, 0.717) is 11.4 Å². The molecule has 0 aliphatic heterocycles. The Morgan fingerprint density at radius 2 is 2.15 bits per heavy atom. The van der Waals surface area contributed by atoms with Crippen molar-refractivity contribution in [3.05, 3.63) is 18.0 Å². The van der Waals surface area contributed by atoms with Crippen LogP contribution in [0.3, 0.4) is 0 Å². The van der Waals surface area contributed by atoms with E-state index in [2.05, 4.69) is 10.4 Å². The van der Waals surface area contributed by atoms with Gasteiger partial charge in [-0.15, -0.1) is 0 Å². The number of ether oxygens (including phenoxy) is 1. The molecule has 1 rings (SSSR count). The summed E-state index contributed by atoms with van der Waals surface area (Å²) in [5.41, 5.74) is 0.464. The predicted octanol–water partition coefficient (Wildman–Crippen LogP) is 2.25. The average molecular weight is 281 g/mol. The molecule has 0 saturated heterocycles. The maximum atomic E-state index is 11.7. The molecule has 1 aromatic rings. The highest BCUT2D eigenvalue weighted by Crippen LogP contribution is 2.17. The molecular weight excluding hydrogens is 262 g/mol. The minimum atomic E-state index is -0.926. The fourth-order valence-corrected chi connectivity index (χ4v) is 1.43. The molecule has 0 aliphatic rings. The molecule has 0 aliphatic carbocycles. The van der Waals surface area contributed by atoms with Gasteiger partial charge in [-0.2, -0.15) is 5.10 Å². The van der Waals surface area contributed by atoms with Crippen molar-refractivity contribution in [3.63, 3.8) is 0 Å². The van der Waals surface area contributed by atoms with E-state index in [-0.39, 0.29) is 6.42 Å². The molecule has 7 heteroatoms. The highest BCUT2D eigenvalue weighted by molar-refractivity contribution is 5.87. The van der Waals surface area contributed by atoms with Crippen molar-refractivity contribution in [2.75, 3.05) is 5.32 Å². The van der Waals surface area contributed by atoms with Gasteiger partial charge in [0.25, 0.3) is 0 Å². The van der Waals surface area contributed by atoms with Gasteiger partial charge in [-0.25, -0.2) is 4.79 Å². The summed E-state index contributed by atoms with van der Waals surface area (Å²) in [5.74, 6) is -0.926. The van der Waals surface area contributed by atoms with E-state index < -0.39 is 17.7 Å². The Balaban J connectivity index is 2.79. The van der Waals surface area contributed by atoms with Crippen LogP contribution < -0.4 is 5.32 Å². The van der Waals surface area contributed by atoms with Gasteiger partial charge in [0, 0.05) is 7.05 Å². The fraction of sp³-hybridized carbons (Fsp3) is 0.462. The summed E-state index contributed by atoms with van der Waals surface area (Å²) in [6.07, 6.45) is 3.87. The number of carboxylic acids is 1. The number of nitrogens with one attached hydrogen (secondary N) is 1. The fourth-order valence-electron chi connectivity index (χ4n) is 1.43. The Hall–Kier alpha value is -2.31. The van der Waals surface area contributed by atoms with Gasteiger partial charge >= 0.3 is 12.1 Å². The Morgan fingerprint density at radius 3 is 2.70 bits per heavy atom. The lowest BCUT2D eigenvalue weighted by Crippen LogP contribution is -2.27. The molecule has 0 saturated carbocycles. The molecule has 0 unspecified atom stereocenters. The van der Waals surface area contributed by atoms with Crippen molar-refractivity contribution in [3.8, 4) is 0 Å². The van der Waals surface area contributed by atoms with Gasteiger partial charge in [-0.1, -0.05) is 6.08 Å². The first-order valence-electron chi connectivity index (χ1n) is 6.09. The summed E-state index contributed by atoms with van der Waals surface area (Å²) in [5, 5.41) is 15.2. The van der Waals surface area contributed by atoms with E-state index in [0.717, 1.165) is 0 Å². The van der Waals surface area contributed by atoms with Gasteiger partial charge in [0.1, 0.15) is 5.60 Å². The zero-order valence-corrected chi connectivity index (χ0v) is 12.0. The SMILES string of the molecule is Cn1ncc(NC(=O)OC(C)(C)C)c1/C=C/CC(=O)O. The van der Waals surface area contributed by atoms with Crippen LogP contribution in [0.15, 0.2) is 12.3 Å². The molecule has 1 amide bonds. The number of aryl methyl sites for hydroxylation is 1. The van der Waals surface area contributed by atoms with Crippen molar-refractivity contribution in [2.24, 2.45) is 7.05 Å². The second kappa shape index (κ2) is 6.23. The molecule has 2 N–H and O–H groups in total. The van der Waals surface area contributed by atoms with E-state index in [9.17, 15) is 9.59 Å². The van der Waals surface area contributed by atoms with E-state index >= 15 is 0 Å². The predicted molar refractivity (Wildman–Crippen MR) is 74.4 cm³/mol. The molecule has 1 aromatic heterocycles. The minimum Gasteiger partial charge on any atom is -0.481 e. The van der Waals surface area contributed by atoms with Crippen molar-refractivity contribution in [1.29, 1.82) is 0 Å². The number of carbonyl (C=O) groups is 2. The van der Waals surface area contributed by atoms with E-state index in [1.165, 1.54) is 17.0 Å². The van der Waals surface area contributed by atoms with Crippen LogP contribution in [-0.4, -0.2) is 32.6 Å². The lowest BCUT2D eigenvalue weighted by Gasteiger charge is -2.19. The average Bonchev–Trinajstić information content (AvgIpc) is 2.58. The Labute approximate surface area is 117 Å². The van der Waals surface area contributed by atoms with Crippen LogP contribution in [0.25, 0.3) is 6.08 Å². The van der Waals surface area contributed by atoms with Gasteiger partial charge in [0.2, 0.25) is 0 Å². The van der Waals surface area contributed by atoms with Crippen LogP contribution in [-0.2, 0) is 16.6 Å². The van der Waals surface area contributed by atoms with E-state index in [1.807, 2.05) is 0 Å². The van der Waals surface area contributed by atoms with Crippen LogP contribution in [0, 0.1) is 0 Å². The third-order valence-corrected chi connectivity index (χ3v) is 2.19. The summed E-state index contributed by atoms with van der Waals surface area (Å²) in [7, 11) is 1.70. The number of hydrogen-bond donors (Lipinski definition) is 2. The third kappa shape index (κ3) is 5.13. The van der Waals surface area contributed by atoms with Gasteiger partial charge in [-0.3, -0.25) is 14.8 Å². The van der Waals surface area contributed by atoms with Crippen molar-refractivity contribution in [1.82, 2.24) is 9.78 Å². The van der Waals surface area contributed by atoms with E-state index in [4.69, 9.17) is 9.84 Å². The van der Waals surface area contributed by atoms with Crippen molar-refractivity contribution >= 4 is 23.8 Å². The molecule has 0 aromatic carbocycles. The minimum absolute atomic E-state index is 0.100. The normalized spacial score (nSPS) is 11.6. The third-order valence-electron chi connectivity index (χ3n) is 2.19. The number of rotatable bonds is 4. The number of nitrogens with zero attached hydrogens (tertiary/aromatic N) is 2. The number of hydrogen-bond acceptors (Lipinski definition) is 4. The topological polar surface area (TPSA) is 93.5 Å². The highest BCUT2D eigenvalue weighted by atomic mass is 16.6. The summed E-state index contributed by atoms with van der Waals surface area (Å²) in [4.78, 5) is 22.2. The maximum absolute atomic E-state index is 11.7. The molecule has 110 valence electrons. The highest BCUT2D eigenvalue weighted by Gasteiger charge is 2.17. The largest absolute Gasteiger partial charge is 0.481 e. The molecule has 0 atom stereocenters. The first kappa shape index (κ1) is 15.7. The summed E-state index contributed by atoms with van der Waals surface area (Å²) < 4.78 is 6.68. The molecular formula is C13H19N3O4. The number of carboxylic acid groups (broad SMARTS) is 1. The van der Waals surface area contributed by atoms with Crippen LogP contribution in [0.4, 0.5) is 10.5 Å². The second-order valence-corrected chi connectivity index (χ2v) is 5.19. The van der Waals surface area contributed by atoms with Gasteiger partial charge < -0.3 is 9.84 Å². The molecule has 7 nitrogen and oxygen atoms in total. The Morgan fingerprint density at radius 1 is 1.50 bits per heavy atom. The molecule has 1 heterocycles. The van der Waals surface area contributed by atoms with Crippen LogP contribution >= 0.6 is 0 Å². The summed E-state index contributed by atoms with van der Waals surface area (Å²) in [6, 6.07) is 0.